The summed E-state index contributed by atoms with van der Waals surface area (Å²) in [6.07, 6.45) is 11.0. The van der Waals surface area contributed by atoms with E-state index in [4.69, 9.17) is 0 Å². The fourth-order valence-corrected chi connectivity index (χ4v) is 2.96. The van der Waals surface area contributed by atoms with Crippen LogP contribution in [-0.2, 0) is 0 Å². The molecule has 1 aromatic heterocycles. The normalized spacial score (nSPS) is 18.6. The molecule has 1 aliphatic carbocycles. The van der Waals surface area contributed by atoms with Gasteiger partial charge in [0, 0.05) is 18.8 Å². The standard InChI is InChI=1S/C15H25N3/c1-4-10-16-15-17-12(2)11-18(15)13(3)14-8-6-5-7-9-14/h4,11,13-14H,1,5-10H2,2-3H3,(H,16,17). The Bertz CT molecular complexity index is 388. The summed E-state index contributed by atoms with van der Waals surface area (Å²) in [6, 6.07) is 0.541. The minimum atomic E-state index is 0.541. The maximum absolute atomic E-state index is 4.57. The second-order valence-corrected chi connectivity index (χ2v) is 5.42. The van der Waals surface area contributed by atoms with Crippen LogP contribution in [0.2, 0.25) is 0 Å². The summed E-state index contributed by atoms with van der Waals surface area (Å²) in [5.74, 6) is 1.79. The Morgan fingerprint density at radius 1 is 1.50 bits per heavy atom. The molecule has 3 nitrogen and oxygen atoms in total. The molecular formula is C15H25N3. The number of hydrogen-bond donors (Lipinski definition) is 1. The molecule has 3 heteroatoms. The van der Waals surface area contributed by atoms with E-state index in [2.05, 4.69) is 41.5 Å². The molecule has 1 heterocycles. The van der Waals surface area contributed by atoms with Crippen molar-refractivity contribution in [2.75, 3.05) is 11.9 Å². The lowest BCUT2D eigenvalue weighted by molar-refractivity contribution is 0.265. The van der Waals surface area contributed by atoms with Gasteiger partial charge in [-0.3, -0.25) is 0 Å². The van der Waals surface area contributed by atoms with Gasteiger partial charge in [0.15, 0.2) is 0 Å². The van der Waals surface area contributed by atoms with Gasteiger partial charge in [0.25, 0.3) is 0 Å². The van der Waals surface area contributed by atoms with E-state index in [9.17, 15) is 0 Å². The molecule has 0 saturated heterocycles. The number of nitrogens with zero attached hydrogens (tertiary/aromatic N) is 2. The summed E-state index contributed by atoms with van der Waals surface area (Å²) in [5, 5.41) is 3.34. The summed E-state index contributed by atoms with van der Waals surface area (Å²) >= 11 is 0. The van der Waals surface area contributed by atoms with Crippen LogP contribution in [-0.4, -0.2) is 16.1 Å². The van der Waals surface area contributed by atoms with Crippen LogP contribution in [0.25, 0.3) is 0 Å². The van der Waals surface area contributed by atoms with Gasteiger partial charge in [0.1, 0.15) is 0 Å². The number of aromatic nitrogens is 2. The Hall–Kier alpha value is -1.25. The van der Waals surface area contributed by atoms with Crippen molar-refractivity contribution in [3.8, 4) is 0 Å². The molecular weight excluding hydrogens is 222 g/mol. The Morgan fingerprint density at radius 2 is 2.22 bits per heavy atom. The predicted octanol–water partition coefficient (Wildman–Crippen LogP) is 3.93. The molecule has 1 aromatic rings. The van der Waals surface area contributed by atoms with E-state index in [1.807, 2.05) is 6.08 Å². The number of nitrogens with one attached hydrogen (secondary N) is 1. The second-order valence-electron chi connectivity index (χ2n) is 5.42. The molecule has 1 unspecified atom stereocenters. The SMILES string of the molecule is C=CCNc1nc(C)cn1C(C)C1CCCCC1. The van der Waals surface area contributed by atoms with Gasteiger partial charge in [-0.05, 0) is 32.6 Å². The number of aryl methyl sites for hydroxylation is 1. The largest absolute Gasteiger partial charge is 0.352 e. The topological polar surface area (TPSA) is 29.9 Å². The third-order valence-electron chi connectivity index (χ3n) is 4.03. The Morgan fingerprint density at radius 3 is 2.89 bits per heavy atom. The lowest BCUT2D eigenvalue weighted by Crippen LogP contribution is -2.20. The summed E-state index contributed by atoms with van der Waals surface area (Å²) < 4.78 is 2.31. The maximum atomic E-state index is 4.57. The van der Waals surface area contributed by atoms with Gasteiger partial charge < -0.3 is 9.88 Å². The number of hydrogen-bond acceptors (Lipinski definition) is 2. The molecule has 1 N–H and O–H groups in total. The first-order chi connectivity index (χ1) is 8.72. The minimum absolute atomic E-state index is 0.541. The average Bonchev–Trinajstić information content (AvgIpc) is 2.77. The number of rotatable bonds is 5. The van der Waals surface area contributed by atoms with Gasteiger partial charge in [-0.15, -0.1) is 6.58 Å². The first-order valence-corrected chi connectivity index (χ1v) is 7.12. The van der Waals surface area contributed by atoms with Gasteiger partial charge >= 0.3 is 0 Å². The van der Waals surface area contributed by atoms with Crippen molar-refractivity contribution in [2.24, 2.45) is 5.92 Å². The monoisotopic (exact) mass is 247 g/mol. The Kier molecular flexibility index (Phi) is 4.45. The van der Waals surface area contributed by atoms with Crippen molar-refractivity contribution in [2.45, 2.75) is 52.0 Å². The van der Waals surface area contributed by atoms with E-state index in [1.54, 1.807) is 0 Å². The maximum Gasteiger partial charge on any atom is 0.203 e. The molecule has 0 spiro atoms. The molecule has 1 aliphatic rings. The lowest BCUT2D eigenvalue weighted by Gasteiger charge is -2.29. The van der Waals surface area contributed by atoms with Crippen molar-refractivity contribution < 1.29 is 0 Å². The van der Waals surface area contributed by atoms with Crippen LogP contribution in [0.3, 0.4) is 0 Å². The highest BCUT2D eigenvalue weighted by Gasteiger charge is 2.23. The van der Waals surface area contributed by atoms with Crippen molar-refractivity contribution in [1.29, 1.82) is 0 Å². The zero-order valence-corrected chi connectivity index (χ0v) is 11.7. The molecule has 18 heavy (non-hydrogen) atoms. The Balaban J connectivity index is 2.12. The smallest absolute Gasteiger partial charge is 0.203 e. The molecule has 0 amide bonds. The van der Waals surface area contributed by atoms with E-state index in [-0.39, 0.29) is 0 Å². The van der Waals surface area contributed by atoms with Crippen LogP contribution in [0.4, 0.5) is 5.95 Å². The number of imidazole rings is 1. The fourth-order valence-electron chi connectivity index (χ4n) is 2.96. The van der Waals surface area contributed by atoms with Crippen LogP contribution >= 0.6 is 0 Å². The van der Waals surface area contributed by atoms with Crippen molar-refractivity contribution in [3.05, 3.63) is 24.5 Å². The third-order valence-corrected chi connectivity index (χ3v) is 4.03. The first-order valence-electron chi connectivity index (χ1n) is 7.12. The van der Waals surface area contributed by atoms with Crippen LogP contribution in [0.1, 0.15) is 50.8 Å². The molecule has 1 atom stereocenters. The van der Waals surface area contributed by atoms with Crippen molar-refractivity contribution >= 4 is 5.95 Å². The van der Waals surface area contributed by atoms with Crippen LogP contribution in [0, 0.1) is 12.8 Å². The molecule has 1 fully saturated rings. The van der Waals surface area contributed by atoms with Gasteiger partial charge in [0.2, 0.25) is 5.95 Å². The van der Waals surface area contributed by atoms with Crippen LogP contribution in [0.15, 0.2) is 18.9 Å². The van der Waals surface area contributed by atoms with Gasteiger partial charge in [-0.25, -0.2) is 4.98 Å². The molecule has 0 radical (unpaired) electrons. The molecule has 1 saturated carbocycles. The van der Waals surface area contributed by atoms with Crippen LogP contribution in [0.5, 0.6) is 0 Å². The molecule has 0 aliphatic heterocycles. The highest BCUT2D eigenvalue weighted by Crippen LogP contribution is 2.34. The highest BCUT2D eigenvalue weighted by atomic mass is 15.2. The minimum Gasteiger partial charge on any atom is -0.352 e. The van der Waals surface area contributed by atoms with Crippen molar-refractivity contribution in [1.82, 2.24) is 9.55 Å². The van der Waals surface area contributed by atoms with E-state index in [0.29, 0.717) is 6.04 Å². The Labute approximate surface area is 110 Å². The summed E-state index contributed by atoms with van der Waals surface area (Å²) in [5.41, 5.74) is 1.09. The summed E-state index contributed by atoms with van der Waals surface area (Å²) in [7, 11) is 0. The van der Waals surface area contributed by atoms with Gasteiger partial charge in [-0.2, -0.15) is 0 Å². The predicted molar refractivity (Wildman–Crippen MR) is 76.9 cm³/mol. The van der Waals surface area contributed by atoms with E-state index >= 15 is 0 Å². The quantitative estimate of drug-likeness (QED) is 0.799. The van der Waals surface area contributed by atoms with E-state index in [0.717, 1.165) is 24.1 Å². The first kappa shape index (κ1) is 13.2. The van der Waals surface area contributed by atoms with Crippen LogP contribution < -0.4 is 5.32 Å². The van der Waals surface area contributed by atoms with Gasteiger partial charge in [0.05, 0.1) is 5.69 Å². The van der Waals surface area contributed by atoms with E-state index < -0.39 is 0 Å². The van der Waals surface area contributed by atoms with Gasteiger partial charge in [-0.1, -0.05) is 25.3 Å². The molecule has 0 aromatic carbocycles. The molecule has 2 rings (SSSR count). The number of anilines is 1. The summed E-state index contributed by atoms with van der Waals surface area (Å²) in [4.78, 5) is 4.57. The molecule has 0 bridgehead atoms. The zero-order valence-electron chi connectivity index (χ0n) is 11.7. The zero-order chi connectivity index (χ0) is 13.0. The van der Waals surface area contributed by atoms with Crippen molar-refractivity contribution in [3.63, 3.8) is 0 Å². The highest BCUT2D eigenvalue weighted by molar-refractivity contribution is 5.30. The third kappa shape index (κ3) is 2.95. The summed E-state index contributed by atoms with van der Waals surface area (Å²) in [6.45, 7) is 8.91. The average molecular weight is 247 g/mol. The molecule has 100 valence electrons. The van der Waals surface area contributed by atoms with E-state index in [1.165, 1.54) is 32.1 Å². The lowest BCUT2D eigenvalue weighted by atomic mass is 9.84. The second kappa shape index (κ2) is 6.07. The fraction of sp³-hybridized carbons (Fsp3) is 0.667.